The Bertz CT molecular complexity index is 1250. The molecular formula is C25H31ClN8O3. The number of nitrogens with two attached hydrogens (primary N) is 1. The van der Waals surface area contributed by atoms with Crippen molar-refractivity contribution in [3.63, 3.8) is 0 Å². The first-order valence-electron chi connectivity index (χ1n) is 12.0. The Hall–Kier alpha value is -3.62. The highest BCUT2D eigenvalue weighted by molar-refractivity contribution is 6.32. The lowest BCUT2D eigenvalue weighted by Gasteiger charge is -2.21. The van der Waals surface area contributed by atoms with Gasteiger partial charge < -0.3 is 26.0 Å². The normalized spacial score (nSPS) is 20.7. The number of carbonyl (C=O) groups is 2. The number of benzene rings is 1. The predicted molar refractivity (Wildman–Crippen MR) is 140 cm³/mol. The van der Waals surface area contributed by atoms with Gasteiger partial charge in [0.2, 0.25) is 17.8 Å². The van der Waals surface area contributed by atoms with E-state index in [-0.39, 0.29) is 35.0 Å². The Labute approximate surface area is 220 Å². The average Bonchev–Trinajstić information content (AvgIpc) is 3.60. The summed E-state index contributed by atoms with van der Waals surface area (Å²) in [5, 5.41) is 15.5. The quantitative estimate of drug-likeness (QED) is 0.445. The van der Waals surface area contributed by atoms with Crippen molar-refractivity contribution in [1.29, 1.82) is 5.26 Å². The van der Waals surface area contributed by atoms with Crippen LogP contribution in [0.4, 0.5) is 17.5 Å². The van der Waals surface area contributed by atoms with Crippen molar-refractivity contribution >= 4 is 40.9 Å². The van der Waals surface area contributed by atoms with Crippen LogP contribution in [0.3, 0.4) is 0 Å². The number of hydrogen-bond donors (Lipinski definition) is 3. The zero-order chi connectivity index (χ0) is 26.7. The van der Waals surface area contributed by atoms with Crippen LogP contribution in [-0.4, -0.2) is 78.0 Å². The molecule has 0 radical (unpaired) electrons. The summed E-state index contributed by atoms with van der Waals surface area (Å²) >= 11 is 6.31. The third-order valence-corrected chi connectivity index (χ3v) is 7.27. The van der Waals surface area contributed by atoms with Crippen molar-refractivity contribution in [2.75, 3.05) is 51.5 Å². The molecule has 37 heavy (non-hydrogen) atoms. The lowest BCUT2D eigenvalue weighted by atomic mass is 10.0. The summed E-state index contributed by atoms with van der Waals surface area (Å²) < 4.78 is 5.64. The van der Waals surface area contributed by atoms with Crippen molar-refractivity contribution in [2.45, 2.75) is 31.2 Å². The molecule has 2 aromatic rings. The number of primary amides is 1. The van der Waals surface area contributed by atoms with Gasteiger partial charge in [-0.1, -0.05) is 11.6 Å². The third kappa shape index (κ3) is 5.70. The second-order valence-electron chi connectivity index (χ2n) is 9.62. The highest BCUT2D eigenvalue weighted by Gasteiger charge is 2.59. The fraction of sp³-hybridized carbons (Fsp3) is 0.480. The lowest BCUT2D eigenvalue weighted by molar-refractivity contribution is -0.129. The summed E-state index contributed by atoms with van der Waals surface area (Å²) in [6.07, 6.45) is 3.67. The maximum absolute atomic E-state index is 12.2. The number of methoxy groups -OCH3 is 1. The zero-order valence-corrected chi connectivity index (χ0v) is 21.9. The van der Waals surface area contributed by atoms with Crippen LogP contribution >= 0.6 is 11.6 Å². The van der Waals surface area contributed by atoms with Gasteiger partial charge in [-0.15, -0.1) is 0 Å². The SMILES string of the molecule is COc1cc2c(cc1Nc1ncc(Cl)c(NC3(C(N)=O)CC3CC#N)n1)CCN(CC(=O)N(C)C)CC2. The molecule has 12 heteroatoms. The molecule has 1 aromatic carbocycles. The highest BCUT2D eigenvalue weighted by atomic mass is 35.5. The van der Waals surface area contributed by atoms with E-state index in [1.165, 1.54) is 11.8 Å². The van der Waals surface area contributed by atoms with Crippen LogP contribution in [0.2, 0.25) is 5.02 Å². The third-order valence-electron chi connectivity index (χ3n) is 6.99. The number of nitriles is 1. The fourth-order valence-electron chi connectivity index (χ4n) is 4.61. The van der Waals surface area contributed by atoms with E-state index in [1.54, 1.807) is 26.1 Å². The number of amides is 2. The number of nitrogens with zero attached hydrogens (tertiary/aromatic N) is 5. The van der Waals surface area contributed by atoms with Crippen LogP contribution in [-0.2, 0) is 22.4 Å². The predicted octanol–water partition coefficient (Wildman–Crippen LogP) is 1.94. The molecule has 4 N–H and O–H groups in total. The molecule has 1 aliphatic carbocycles. The molecule has 11 nitrogen and oxygen atoms in total. The summed E-state index contributed by atoms with van der Waals surface area (Å²) in [6.45, 7) is 1.94. The number of fused-ring (bicyclic) bond motifs is 1. The molecule has 4 rings (SSSR count). The molecule has 0 spiro atoms. The van der Waals surface area contributed by atoms with E-state index in [2.05, 4.69) is 31.6 Å². The largest absolute Gasteiger partial charge is 0.495 e. The van der Waals surface area contributed by atoms with Gasteiger partial charge in [-0.2, -0.15) is 10.2 Å². The number of aromatic nitrogens is 2. The summed E-state index contributed by atoms with van der Waals surface area (Å²) in [4.78, 5) is 36.8. The number of rotatable bonds is 9. The molecule has 1 aliphatic heterocycles. The maximum Gasteiger partial charge on any atom is 0.243 e. The van der Waals surface area contributed by atoms with E-state index in [0.717, 1.165) is 31.5 Å². The van der Waals surface area contributed by atoms with Gasteiger partial charge in [-0.05, 0) is 42.5 Å². The van der Waals surface area contributed by atoms with E-state index in [0.29, 0.717) is 24.4 Å². The topological polar surface area (TPSA) is 150 Å². The Morgan fingerprint density at radius 2 is 2.03 bits per heavy atom. The number of nitrogens with one attached hydrogen (secondary N) is 2. The number of anilines is 3. The van der Waals surface area contributed by atoms with E-state index < -0.39 is 11.4 Å². The first-order chi connectivity index (χ1) is 17.7. The molecule has 0 bridgehead atoms. The molecule has 2 unspecified atom stereocenters. The highest BCUT2D eigenvalue weighted by Crippen LogP contribution is 2.48. The van der Waals surface area contributed by atoms with E-state index in [1.807, 2.05) is 12.1 Å². The van der Waals surface area contributed by atoms with Gasteiger partial charge in [0, 0.05) is 39.5 Å². The van der Waals surface area contributed by atoms with E-state index in [4.69, 9.17) is 27.3 Å². The van der Waals surface area contributed by atoms with E-state index >= 15 is 0 Å². The van der Waals surface area contributed by atoms with Crippen LogP contribution < -0.4 is 21.1 Å². The van der Waals surface area contributed by atoms with Crippen molar-refractivity contribution in [2.24, 2.45) is 11.7 Å². The Balaban J connectivity index is 1.53. The molecule has 196 valence electrons. The van der Waals surface area contributed by atoms with Gasteiger partial charge >= 0.3 is 0 Å². The van der Waals surface area contributed by atoms with Crippen LogP contribution in [0, 0.1) is 17.2 Å². The Morgan fingerprint density at radius 1 is 1.32 bits per heavy atom. The van der Waals surface area contributed by atoms with Crippen molar-refractivity contribution in [1.82, 2.24) is 19.8 Å². The molecule has 2 aliphatic rings. The lowest BCUT2D eigenvalue weighted by Crippen LogP contribution is -2.40. The van der Waals surface area contributed by atoms with Gasteiger partial charge in [0.05, 0.1) is 31.6 Å². The Morgan fingerprint density at radius 3 is 2.65 bits per heavy atom. The molecule has 2 atom stereocenters. The molecule has 0 saturated heterocycles. The molecule has 1 aromatic heterocycles. The van der Waals surface area contributed by atoms with Crippen molar-refractivity contribution in [3.8, 4) is 11.8 Å². The second kappa shape index (κ2) is 10.8. The number of ether oxygens (including phenoxy) is 1. The molecule has 1 fully saturated rings. The van der Waals surface area contributed by atoms with Gasteiger partial charge in [-0.25, -0.2) is 4.98 Å². The first kappa shape index (κ1) is 26.4. The van der Waals surface area contributed by atoms with Gasteiger partial charge in [-0.3, -0.25) is 14.5 Å². The van der Waals surface area contributed by atoms with Gasteiger partial charge in [0.1, 0.15) is 16.3 Å². The van der Waals surface area contributed by atoms with Crippen molar-refractivity contribution < 1.29 is 14.3 Å². The Kier molecular flexibility index (Phi) is 7.71. The molecular weight excluding hydrogens is 496 g/mol. The van der Waals surface area contributed by atoms with Crippen LogP contribution in [0.25, 0.3) is 0 Å². The smallest absolute Gasteiger partial charge is 0.243 e. The van der Waals surface area contributed by atoms with Gasteiger partial charge in [0.25, 0.3) is 0 Å². The van der Waals surface area contributed by atoms with Crippen LogP contribution in [0.5, 0.6) is 5.75 Å². The summed E-state index contributed by atoms with van der Waals surface area (Å²) in [5.41, 5.74) is 7.58. The summed E-state index contributed by atoms with van der Waals surface area (Å²) in [7, 11) is 5.13. The number of likely N-dealkylation sites (N-methyl/N-ethyl adjacent to an activating group) is 1. The van der Waals surface area contributed by atoms with Crippen LogP contribution in [0.1, 0.15) is 24.0 Å². The second-order valence-corrected chi connectivity index (χ2v) is 10.0. The standard InChI is InChI=1S/C25H31ClN8O3/c1-33(2)21(35)14-34-8-5-15-10-19(20(37-3)11-16(15)6-9-34)30-24-29-13-18(26)22(31-24)32-25(23(28)36)12-17(25)4-7-27/h10-11,13,17H,4-6,8-9,12,14H2,1-3H3,(H2,28,36)(H2,29,30,31,32). The molecule has 2 heterocycles. The first-order valence-corrected chi connectivity index (χ1v) is 12.4. The fourth-order valence-corrected chi connectivity index (χ4v) is 4.75. The number of hydrogen-bond acceptors (Lipinski definition) is 9. The minimum Gasteiger partial charge on any atom is -0.495 e. The number of carbonyl (C=O) groups excluding carboxylic acids is 2. The van der Waals surface area contributed by atoms with Gasteiger partial charge in [0.15, 0.2) is 5.82 Å². The summed E-state index contributed by atoms with van der Waals surface area (Å²) in [6, 6.07) is 6.10. The maximum atomic E-state index is 12.2. The van der Waals surface area contributed by atoms with Crippen molar-refractivity contribution in [3.05, 3.63) is 34.5 Å². The minimum absolute atomic E-state index is 0.0819. The van der Waals surface area contributed by atoms with E-state index in [9.17, 15) is 9.59 Å². The summed E-state index contributed by atoms with van der Waals surface area (Å²) in [5.74, 6) is 0.482. The average molecular weight is 527 g/mol. The monoisotopic (exact) mass is 526 g/mol. The molecule has 2 amide bonds. The van der Waals surface area contributed by atoms with Crippen LogP contribution in [0.15, 0.2) is 18.3 Å². The minimum atomic E-state index is -1.05. The molecule has 1 saturated carbocycles. The zero-order valence-electron chi connectivity index (χ0n) is 21.2. The number of halogens is 1.